The second kappa shape index (κ2) is 11.9. The Morgan fingerprint density at radius 2 is 1.46 bits per heavy atom. The molecule has 0 saturated carbocycles. The molecule has 0 saturated heterocycles. The van der Waals surface area contributed by atoms with Crippen molar-refractivity contribution >= 4 is 17.3 Å². The molecule has 4 aromatic carbocycles. The highest BCUT2D eigenvalue weighted by molar-refractivity contribution is 7.15. The number of aliphatic carboxylic acids is 1. The standard InChI is InChI=1S/C32H24F3NO4S/c1-20-17-26(15-16-27(20)40-19-29(37)38)39-18-28-36-30(23-9-7-22(8-10-23)21-5-3-2-4-6-21)31(41-28)24-11-13-25(14-12-24)32(33,34)35/h2-17H,18-19H2,1H3,(H,37,38). The van der Waals surface area contributed by atoms with Gasteiger partial charge in [0, 0.05) is 5.56 Å². The molecule has 0 aliphatic heterocycles. The van der Waals surface area contributed by atoms with Crippen molar-refractivity contribution < 1.29 is 32.5 Å². The fourth-order valence-electron chi connectivity index (χ4n) is 4.24. The van der Waals surface area contributed by atoms with Crippen LogP contribution in [0.1, 0.15) is 16.1 Å². The van der Waals surface area contributed by atoms with Crippen molar-refractivity contribution in [1.29, 1.82) is 0 Å². The van der Waals surface area contributed by atoms with Gasteiger partial charge in [-0.2, -0.15) is 13.2 Å². The second-order valence-electron chi connectivity index (χ2n) is 9.20. The number of hydrogen-bond donors (Lipinski definition) is 1. The van der Waals surface area contributed by atoms with Gasteiger partial charge >= 0.3 is 12.1 Å². The average Bonchev–Trinajstić information content (AvgIpc) is 3.40. The van der Waals surface area contributed by atoms with Gasteiger partial charge in [0.25, 0.3) is 0 Å². The molecular weight excluding hydrogens is 551 g/mol. The third kappa shape index (κ3) is 6.75. The Kier molecular flexibility index (Phi) is 8.07. The highest BCUT2D eigenvalue weighted by atomic mass is 32.1. The zero-order valence-corrected chi connectivity index (χ0v) is 22.6. The lowest BCUT2D eigenvalue weighted by Gasteiger charge is -2.09. The number of carbonyl (C=O) groups is 1. The molecule has 208 valence electrons. The lowest BCUT2D eigenvalue weighted by molar-refractivity contribution is -0.139. The second-order valence-corrected chi connectivity index (χ2v) is 10.3. The Hall–Kier alpha value is -4.63. The zero-order chi connectivity index (χ0) is 29.0. The van der Waals surface area contributed by atoms with E-state index in [9.17, 15) is 18.0 Å². The summed E-state index contributed by atoms with van der Waals surface area (Å²) < 4.78 is 50.8. The number of benzene rings is 4. The van der Waals surface area contributed by atoms with Crippen molar-refractivity contribution in [1.82, 2.24) is 4.98 Å². The van der Waals surface area contributed by atoms with Crippen LogP contribution in [0.5, 0.6) is 11.5 Å². The predicted molar refractivity (Wildman–Crippen MR) is 152 cm³/mol. The summed E-state index contributed by atoms with van der Waals surface area (Å²) in [5.74, 6) is -0.0760. The van der Waals surface area contributed by atoms with Crippen molar-refractivity contribution in [2.75, 3.05) is 6.61 Å². The average molecular weight is 576 g/mol. The number of alkyl halides is 3. The highest BCUT2D eigenvalue weighted by Gasteiger charge is 2.30. The van der Waals surface area contributed by atoms with Crippen molar-refractivity contribution in [3.05, 3.63) is 113 Å². The molecule has 0 aliphatic carbocycles. The topological polar surface area (TPSA) is 68.7 Å². The van der Waals surface area contributed by atoms with Crippen molar-refractivity contribution in [3.8, 4) is 44.3 Å². The number of carboxylic acid groups (broad SMARTS) is 1. The lowest BCUT2D eigenvalue weighted by Crippen LogP contribution is -2.10. The minimum atomic E-state index is -4.42. The molecule has 9 heteroatoms. The third-order valence-electron chi connectivity index (χ3n) is 6.27. The molecule has 41 heavy (non-hydrogen) atoms. The number of rotatable bonds is 9. The smallest absolute Gasteiger partial charge is 0.416 e. The number of ether oxygens (including phenoxy) is 2. The van der Waals surface area contributed by atoms with Crippen LogP contribution in [0.15, 0.2) is 97.1 Å². The van der Waals surface area contributed by atoms with Gasteiger partial charge in [0.1, 0.15) is 23.1 Å². The molecule has 0 bridgehead atoms. The van der Waals surface area contributed by atoms with Crippen LogP contribution in [0.2, 0.25) is 0 Å². The summed E-state index contributed by atoms with van der Waals surface area (Å²) in [6.45, 7) is 1.48. The van der Waals surface area contributed by atoms with Gasteiger partial charge in [-0.1, -0.05) is 66.7 Å². The molecule has 0 atom stereocenters. The molecule has 1 N–H and O–H groups in total. The first kappa shape index (κ1) is 27.9. The Bertz CT molecular complexity index is 1650. The molecule has 1 heterocycles. The predicted octanol–water partition coefficient (Wildman–Crippen LogP) is 8.51. The van der Waals surface area contributed by atoms with E-state index in [0.29, 0.717) is 33.3 Å². The maximum atomic E-state index is 13.2. The monoisotopic (exact) mass is 575 g/mol. The van der Waals surface area contributed by atoms with Crippen LogP contribution in [0.25, 0.3) is 32.8 Å². The number of halogens is 3. The van der Waals surface area contributed by atoms with Gasteiger partial charge in [-0.3, -0.25) is 0 Å². The van der Waals surface area contributed by atoms with Gasteiger partial charge in [-0.15, -0.1) is 11.3 Å². The molecule has 5 nitrogen and oxygen atoms in total. The molecule has 0 spiro atoms. The fourth-order valence-corrected chi connectivity index (χ4v) is 5.24. The van der Waals surface area contributed by atoms with Crippen LogP contribution in [-0.2, 0) is 17.6 Å². The van der Waals surface area contributed by atoms with E-state index in [1.54, 1.807) is 25.1 Å². The molecule has 0 aliphatic rings. The van der Waals surface area contributed by atoms with Crippen LogP contribution in [0, 0.1) is 6.92 Å². The number of thiazole rings is 1. The summed E-state index contributed by atoms with van der Waals surface area (Å²) in [5, 5.41) is 9.47. The molecule has 0 fully saturated rings. The van der Waals surface area contributed by atoms with Gasteiger partial charge in [-0.25, -0.2) is 9.78 Å². The molecule has 1 aromatic heterocycles. The lowest BCUT2D eigenvalue weighted by atomic mass is 10.0. The summed E-state index contributed by atoms with van der Waals surface area (Å²) in [6, 6.07) is 28.0. The Balaban J connectivity index is 1.43. The van der Waals surface area contributed by atoms with Gasteiger partial charge < -0.3 is 14.6 Å². The minimum absolute atomic E-state index is 0.134. The molecule has 0 radical (unpaired) electrons. The van der Waals surface area contributed by atoms with E-state index in [1.807, 2.05) is 54.6 Å². The van der Waals surface area contributed by atoms with E-state index in [1.165, 1.54) is 23.5 Å². The normalized spacial score (nSPS) is 11.3. The van der Waals surface area contributed by atoms with E-state index in [2.05, 4.69) is 0 Å². The first-order valence-corrected chi connectivity index (χ1v) is 13.4. The van der Waals surface area contributed by atoms with Gasteiger partial charge in [0.2, 0.25) is 0 Å². The van der Waals surface area contributed by atoms with Crippen LogP contribution >= 0.6 is 11.3 Å². The molecular formula is C32H24F3NO4S. The third-order valence-corrected chi connectivity index (χ3v) is 7.35. The van der Waals surface area contributed by atoms with Gasteiger partial charge in [0.15, 0.2) is 6.61 Å². The van der Waals surface area contributed by atoms with E-state index in [-0.39, 0.29) is 6.61 Å². The summed E-state index contributed by atoms with van der Waals surface area (Å²) >= 11 is 1.35. The molecule has 5 aromatic rings. The largest absolute Gasteiger partial charge is 0.486 e. The number of nitrogens with zero attached hydrogens (tertiary/aromatic N) is 1. The van der Waals surface area contributed by atoms with E-state index in [0.717, 1.165) is 33.7 Å². The van der Waals surface area contributed by atoms with E-state index in [4.69, 9.17) is 19.6 Å². The summed E-state index contributed by atoms with van der Waals surface area (Å²) in [7, 11) is 0. The number of hydrogen-bond acceptors (Lipinski definition) is 5. The molecule has 0 amide bonds. The Morgan fingerprint density at radius 1 is 0.829 bits per heavy atom. The quantitative estimate of drug-likeness (QED) is 0.191. The van der Waals surface area contributed by atoms with Crippen LogP contribution in [0.3, 0.4) is 0 Å². The summed E-state index contributed by atoms with van der Waals surface area (Å²) in [6.07, 6.45) is -4.42. The molecule has 5 rings (SSSR count). The van der Waals surface area contributed by atoms with Gasteiger partial charge in [0.05, 0.1) is 16.1 Å². The maximum Gasteiger partial charge on any atom is 0.416 e. The Morgan fingerprint density at radius 3 is 2.10 bits per heavy atom. The first-order valence-electron chi connectivity index (χ1n) is 12.6. The SMILES string of the molecule is Cc1cc(OCc2nc(-c3ccc(-c4ccccc4)cc3)c(-c3ccc(C(F)(F)F)cc3)s2)ccc1OCC(=O)O. The van der Waals surface area contributed by atoms with Crippen LogP contribution in [0.4, 0.5) is 13.2 Å². The number of aryl methyl sites for hydroxylation is 1. The van der Waals surface area contributed by atoms with Crippen LogP contribution in [-0.4, -0.2) is 22.7 Å². The minimum Gasteiger partial charge on any atom is -0.486 e. The summed E-state index contributed by atoms with van der Waals surface area (Å²) in [4.78, 5) is 16.3. The van der Waals surface area contributed by atoms with E-state index < -0.39 is 24.3 Å². The Labute approximate surface area is 238 Å². The van der Waals surface area contributed by atoms with Crippen LogP contribution < -0.4 is 9.47 Å². The zero-order valence-electron chi connectivity index (χ0n) is 21.8. The van der Waals surface area contributed by atoms with E-state index >= 15 is 0 Å². The molecule has 0 unspecified atom stereocenters. The van der Waals surface area contributed by atoms with Crippen molar-refractivity contribution in [2.24, 2.45) is 0 Å². The number of aromatic nitrogens is 1. The number of carboxylic acids is 1. The summed E-state index contributed by atoms with van der Waals surface area (Å²) in [5.41, 5.74) is 4.22. The van der Waals surface area contributed by atoms with Crippen molar-refractivity contribution in [2.45, 2.75) is 19.7 Å². The maximum absolute atomic E-state index is 13.2. The van der Waals surface area contributed by atoms with Gasteiger partial charge in [-0.05, 0) is 59.5 Å². The fraction of sp³-hybridized carbons (Fsp3) is 0.125. The van der Waals surface area contributed by atoms with Crippen molar-refractivity contribution in [3.63, 3.8) is 0 Å². The highest BCUT2D eigenvalue weighted by Crippen LogP contribution is 2.39. The first-order chi connectivity index (χ1) is 19.7.